The summed E-state index contributed by atoms with van der Waals surface area (Å²) in [6.07, 6.45) is 3.78. The van der Waals surface area contributed by atoms with E-state index in [-0.39, 0.29) is 12.2 Å². The van der Waals surface area contributed by atoms with Gasteiger partial charge < -0.3 is 18.8 Å². The molecule has 0 radical (unpaired) electrons. The van der Waals surface area contributed by atoms with Gasteiger partial charge in [0.2, 0.25) is 0 Å². The minimum Gasteiger partial charge on any atom is -0.493 e. The number of nitrogens with zero attached hydrogens (tertiary/aromatic N) is 5. The zero-order valence-electron chi connectivity index (χ0n) is 29.9. The Morgan fingerprint density at radius 3 is 2.67 bits per heavy atom. The molecule has 9 nitrogen and oxygen atoms in total. The highest BCUT2D eigenvalue weighted by molar-refractivity contribution is 7.98. The molecular weight excluding hydrogens is 714 g/mol. The Balaban J connectivity index is 1.26. The number of carbonyl (C=O) groups excluding carboxylic acids is 1. The fourth-order valence-corrected chi connectivity index (χ4v) is 9.68. The maximum atomic E-state index is 13.4. The van der Waals surface area contributed by atoms with Crippen molar-refractivity contribution in [2.45, 2.75) is 74.5 Å². The highest BCUT2D eigenvalue weighted by Crippen LogP contribution is 2.43. The first-order chi connectivity index (χ1) is 25.3. The number of benzene rings is 3. The molecule has 3 aromatic carbocycles. The highest BCUT2D eigenvalue weighted by atomic mass is 35.5. The minimum absolute atomic E-state index is 0.0607. The number of ether oxygens (including phenoxy) is 3. The Morgan fingerprint density at radius 1 is 0.981 bits per heavy atom. The van der Waals surface area contributed by atoms with E-state index in [0.29, 0.717) is 36.0 Å². The van der Waals surface area contributed by atoms with Gasteiger partial charge in [0.15, 0.2) is 0 Å². The van der Waals surface area contributed by atoms with Gasteiger partial charge in [-0.05, 0) is 80.8 Å². The molecule has 8 bridgehead atoms. The molecule has 3 aromatic heterocycles. The molecule has 0 saturated carbocycles. The summed E-state index contributed by atoms with van der Waals surface area (Å²) in [4.78, 5) is 14.5. The second-order valence-corrected chi connectivity index (χ2v) is 15.9. The van der Waals surface area contributed by atoms with E-state index in [4.69, 9.17) is 36.0 Å². The maximum absolute atomic E-state index is 13.4. The van der Waals surface area contributed by atoms with Gasteiger partial charge in [0.05, 0.1) is 30.8 Å². The van der Waals surface area contributed by atoms with Crippen LogP contribution in [0.4, 0.5) is 0 Å². The van der Waals surface area contributed by atoms with Crippen molar-refractivity contribution in [3.63, 3.8) is 0 Å². The van der Waals surface area contributed by atoms with Crippen LogP contribution in [0.1, 0.15) is 70.7 Å². The summed E-state index contributed by atoms with van der Waals surface area (Å²) < 4.78 is 24.2. The summed E-state index contributed by atoms with van der Waals surface area (Å²) in [5.74, 6) is 2.62. The van der Waals surface area contributed by atoms with Gasteiger partial charge in [0.1, 0.15) is 17.7 Å². The molecule has 52 heavy (non-hydrogen) atoms. The standard InChI is InChI=1S/C40H42ClN5O4S2/c1-24-36-33-14-13-31(41)38(36)37-25(2)44(3)43-32(37)23-51-22-28-19-27(42-46(28)35-12-7-8-16-50-35)21-52-29-18-26-10-5-6-11-30(26)34(20-29)49-17-9-15-45(33)39(24)40(47)48-4/h5-6,10-11,13-14,18-20,35H,7-9,12,15-17,21-23H2,1-4H3. The molecule has 0 amide bonds. The van der Waals surface area contributed by atoms with Crippen molar-refractivity contribution in [3.05, 3.63) is 93.7 Å². The van der Waals surface area contributed by atoms with Crippen LogP contribution in [0, 0.1) is 13.8 Å². The van der Waals surface area contributed by atoms with E-state index in [2.05, 4.69) is 52.6 Å². The number of rotatable bonds is 2. The molecule has 0 N–H and O–H groups in total. The van der Waals surface area contributed by atoms with Crippen molar-refractivity contribution in [2.75, 3.05) is 20.3 Å². The third kappa shape index (κ3) is 6.50. The SMILES string of the molecule is COC(=O)c1c(C)c2c3c(Cl)ccc2n1CCCOc1cc(cc2ccccc12)SCc1cc(n(C2CCCCO2)n1)CSCc1nn(C)c(C)c1-3. The van der Waals surface area contributed by atoms with Gasteiger partial charge in [-0.15, -0.1) is 23.5 Å². The number of aryl methyl sites for hydroxylation is 3. The first-order valence-corrected chi connectivity index (χ1v) is 20.3. The summed E-state index contributed by atoms with van der Waals surface area (Å²) in [6, 6.07) is 18.9. The number of halogens is 1. The Morgan fingerprint density at radius 2 is 1.85 bits per heavy atom. The average molecular weight is 756 g/mol. The van der Waals surface area contributed by atoms with E-state index in [1.165, 1.54) is 7.11 Å². The van der Waals surface area contributed by atoms with Gasteiger partial charge >= 0.3 is 5.97 Å². The Hall–Kier alpha value is -3.90. The van der Waals surface area contributed by atoms with Gasteiger partial charge in [-0.3, -0.25) is 4.68 Å². The molecule has 2 aliphatic heterocycles. The first kappa shape index (κ1) is 35.1. The van der Waals surface area contributed by atoms with E-state index in [9.17, 15) is 4.79 Å². The van der Waals surface area contributed by atoms with Crippen LogP contribution in [0.5, 0.6) is 5.75 Å². The van der Waals surface area contributed by atoms with Gasteiger partial charge in [-0.25, -0.2) is 9.48 Å². The van der Waals surface area contributed by atoms with E-state index >= 15 is 0 Å². The summed E-state index contributed by atoms with van der Waals surface area (Å²) in [5.41, 5.74) is 8.33. The molecule has 8 rings (SSSR count). The number of hydrogen-bond donors (Lipinski definition) is 0. The van der Waals surface area contributed by atoms with Crippen LogP contribution in [-0.2, 0) is 40.3 Å². The number of fused-ring (bicyclic) bond motifs is 8. The number of esters is 1. The van der Waals surface area contributed by atoms with Crippen LogP contribution in [0.25, 0.3) is 32.8 Å². The van der Waals surface area contributed by atoms with Gasteiger partial charge in [-0.2, -0.15) is 10.2 Å². The third-order valence-electron chi connectivity index (χ3n) is 10.2. The number of carbonyl (C=O) groups is 1. The van der Waals surface area contributed by atoms with Crippen LogP contribution in [0.3, 0.4) is 0 Å². The van der Waals surface area contributed by atoms with Crippen LogP contribution < -0.4 is 4.74 Å². The van der Waals surface area contributed by atoms with E-state index in [1.807, 2.05) is 48.6 Å². The lowest BCUT2D eigenvalue weighted by Gasteiger charge is -2.24. The molecule has 0 spiro atoms. The molecule has 6 aromatic rings. The lowest BCUT2D eigenvalue weighted by Crippen LogP contribution is -2.21. The number of thioether (sulfide) groups is 2. The normalized spacial score (nSPS) is 17.1. The molecule has 5 heterocycles. The molecular formula is C40H42ClN5O4S2. The molecule has 1 fully saturated rings. The zero-order chi connectivity index (χ0) is 35.9. The van der Waals surface area contributed by atoms with Gasteiger partial charge in [-0.1, -0.05) is 35.9 Å². The highest BCUT2D eigenvalue weighted by Gasteiger charge is 2.28. The molecule has 1 atom stereocenters. The molecule has 1 unspecified atom stereocenters. The fourth-order valence-electron chi connectivity index (χ4n) is 7.65. The zero-order valence-corrected chi connectivity index (χ0v) is 32.3. The molecule has 270 valence electrons. The van der Waals surface area contributed by atoms with Crippen molar-refractivity contribution in [1.82, 2.24) is 24.1 Å². The Bertz CT molecular complexity index is 2300. The van der Waals surface area contributed by atoms with Crippen LogP contribution >= 0.6 is 35.1 Å². The van der Waals surface area contributed by atoms with Crippen LogP contribution in [-0.4, -0.2) is 50.4 Å². The monoisotopic (exact) mass is 755 g/mol. The van der Waals surface area contributed by atoms with Gasteiger partial charge in [0, 0.05) is 80.5 Å². The quantitative estimate of drug-likeness (QED) is 0.162. The molecule has 2 aliphatic rings. The van der Waals surface area contributed by atoms with E-state index in [1.54, 1.807) is 11.8 Å². The first-order valence-electron chi connectivity index (χ1n) is 17.8. The topological polar surface area (TPSA) is 85.3 Å². The maximum Gasteiger partial charge on any atom is 0.354 e. The summed E-state index contributed by atoms with van der Waals surface area (Å²) in [6.45, 7) is 5.85. The number of methoxy groups -OCH3 is 1. The van der Waals surface area contributed by atoms with E-state index < -0.39 is 0 Å². The third-order valence-corrected chi connectivity index (χ3v) is 12.5. The number of hydrogen-bond acceptors (Lipinski definition) is 8. The van der Waals surface area contributed by atoms with Crippen molar-refractivity contribution < 1.29 is 19.0 Å². The Kier molecular flexibility index (Phi) is 10.0. The van der Waals surface area contributed by atoms with Crippen LogP contribution in [0.2, 0.25) is 5.02 Å². The lowest BCUT2D eigenvalue weighted by molar-refractivity contribution is -0.0408. The predicted octanol–water partition coefficient (Wildman–Crippen LogP) is 9.66. The van der Waals surface area contributed by atoms with Crippen molar-refractivity contribution in [3.8, 4) is 16.9 Å². The fraction of sp³-hybridized carbons (Fsp3) is 0.375. The minimum atomic E-state index is -0.376. The second kappa shape index (κ2) is 14.9. The van der Waals surface area contributed by atoms with Crippen LogP contribution in [0.15, 0.2) is 59.5 Å². The molecule has 0 aliphatic carbocycles. The number of aromatic nitrogens is 5. The van der Waals surface area contributed by atoms with Crippen molar-refractivity contribution in [1.29, 1.82) is 0 Å². The second-order valence-electron chi connectivity index (χ2n) is 13.5. The predicted molar refractivity (Wildman–Crippen MR) is 210 cm³/mol. The smallest absolute Gasteiger partial charge is 0.354 e. The lowest BCUT2D eigenvalue weighted by atomic mass is 9.97. The summed E-state index contributed by atoms with van der Waals surface area (Å²) >= 11 is 10.7. The Labute approximate surface area is 316 Å². The van der Waals surface area contributed by atoms with E-state index in [0.717, 1.165) is 109 Å². The average Bonchev–Trinajstić information content (AvgIpc) is 3.79. The summed E-state index contributed by atoms with van der Waals surface area (Å²) in [7, 11) is 3.41. The van der Waals surface area contributed by atoms with Gasteiger partial charge in [0.25, 0.3) is 0 Å². The largest absolute Gasteiger partial charge is 0.493 e. The molecule has 1 saturated heterocycles. The van der Waals surface area contributed by atoms with Crippen molar-refractivity contribution >= 4 is 62.8 Å². The summed E-state index contributed by atoms with van der Waals surface area (Å²) in [5, 5.41) is 13.9. The van der Waals surface area contributed by atoms with Crippen molar-refractivity contribution in [2.24, 2.45) is 7.05 Å². The molecule has 12 heteroatoms.